The number of nitrogens with zero attached hydrogens (tertiary/aromatic N) is 1. The minimum atomic E-state index is 0.332. The summed E-state index contributed by atoms with van der Waals surface area (Å²) in [5, 5.41) is 6.90. The molecule has 3 aliphatic heterocycles. The third-order valence-electron chi connectivity index (χ3n) is 5.03. The lowest BCUT2D eigenvalue weighted by Crippen LogP contribution is -2.47. The van der Waals surface area contributed by atoms with Gasteiger partial charge in [-0.15, -0.1) is 0 Å². The van der Waals surface area contributed by atoms with Gasteiger partial charge in [-0.25, -0.2) is 4.99 Å². The Balaban J connectivity index is 1.46. The molecule has 1 aromatic rings. The normalized spacial score (nSPS) is 27.9. The summed E-state index contributed by atoms with van der Waals surface area (Å²) in [5.74, 6) is 2.50. The van der Waals surface area contributed by atoms with Gasteiger partial charge in [0.1, 0.15) is 0 Å². The van der Waals surface area contributed by atoms with Gasteiger partial charge in [0.05, 0.1) is 38.0 Å². The van der Waals surface area contributed by atoms with Crippen LogP contribution in [0.15, 0.2) is 23.2 Å². The quantitative estimate of drug-likeness (QED) is 0.647. The van der Waals surface area contributed by atoms with E-state index in [1.807, 2.05) is 12.1 Å². The molecule has 0 aromatic heterocycles. The first-order chi connectivity index (χ1) is 12.3. The summed E-state index contributed by atoms with van der Waals surface area (Å²) < 4.78 is 17.6. The topological polar surface area (TPSA) is 64.1 Å². The average Bonchev–Trinajstić information content (AvgIpc) is 3.15. The third-order valence-corrected chi connectivity index (χ3v) is 5.03. The van der Waals surface area contributed by atoms with Gasteiger partial charge < -0.3 is 24.8 Å². The molecule has 3 atom stereocenters. The number of para-hydroxylation sites is 1. The lowest BCUT2D eigenvalue weighted by molar-refractivity contribution is 0.0992. The Hall–Kier alpha value is -1.95. The molecular formula is C19H27N3O3. The van der Waals surface area contributed by atoms with Gasteiger partial charge in [-0.1, -0.05) is 12.1 Å². The highest BCUT2D eigenvalue weighted by molar-refractivity contribution is 5.80. The van der Waals surface area contributed by atoms with Crippen molar-refractivity contribution in [1.82, 2.24) is 10.6 Å². The van der Waals surface area contributed by atoms with Crippen LogP contribution < -0.4 is 20.1 Å². The van der Waals surface area contributed by atoms with Crippen LogP contribution in [0.2, 0.25) is 0 Å². The molecule has 3 unspecified atom stereocenters. The summed E-state index contributed by atoms with van der Waals surface area (Å²) in [5.41, 5.74) is 1.06. The van der Waals surface area contributed by atoms with Crippen molar-refractivity contribution in [2.75, 3.05) is 19.8 Å². The highest BCUT2D eigenvalue weighted by Gasteiger charge is 2.41. The molecule has 4 rings (SSSR count). The maximum atomic E-state index is 5.93. The monoisotopic (exact) mass is 345 g/mol. The summed E-state index contributed by atoms with van der Waals surface area (Å²) >= 11 is 0. The van der Waals surface area contributed by atoms with E-state index < -0.39 is 0 Å². The second kappa shape index (κ2) is 7.52. The Morgan fingerprint density at radius 2 is 2.16 bits per heavy atom. The lowest BCUT2D eigenvalue weighted by atomic mass is 9.96. The minimum absolute atomic E-state index is 0.332. The molecule has 1 aromatic carbocycles. The average molecular weight is 345 g/mol. The first-order valence-electron chi connectivity index (χ1n) is 9.41. The fourth-order valence-corrected chi connectivity index (χ4v) is 3.83. The SMILES string of the molecule is CCNC(=NCc1cccc2c1OCCCO2)NC1CC2CCC1O2. The molecule has 0 radical (unpaired) electrons. The van der Waals surface area contributed by atoms with Crippen LogP contribution in [0.1, 0.15) is 38.2 Å². The van der Waals surface area contributed by atoms with Crippen LogP contribution in [-0.2, 0) is 11.3 Å². The van der Waals surface area contributed by atoms with E-state index >= 15 is 0 Å². The highest BCUT2D eigenvalue weighted by Crippen LogP contribution is 2.35. The van der Waals surface area contributed by atoms with Crippen molar-refractivity contribution in [2.24, 2.45) is 4.99 Å². The second-order valence-electron chi connectivity index (χ2n) is 6.85. The second-order valence-corrected chi connectivity index (χ2v) is 6.85. The number of aliphatic imine (C=N–C) groups is 1. The molecule has 3 heterocycles. The van der Waals surface area contributed by atoms with Crippen LogP contribution in [-0.4, -0.2) is 44.0 Å². The smallest absolute Gasteiger partial charge is 0.191 e. The van der Waals surface area contributed by atoms with Crippen LogP contribution in [0.25, 0.3) is 0 Å². The van der Waals surface area contributed by atoms with Crippen molar-refractivity contribution in [3.8, 4) is 11.5 Å². The number of nitrogens with one attached hydrogen (secondary N) is 2. The van der Waals surface area contributed by atoms with E-state index in [-0.39, 0.29) is 0 Å². The summed E-state index contributed by atoms with van der Waals surface area (Å²) in [7, 11) is 0. The van der Waals surface area contributed by atoms with Crippen LogP contribution in [0.4, 0.5) is 0 Å². The van der Waals surface area contributed by atoms with E-state index in [0.29, 0.717) is 38.0 Å². The maximum absolute atomic E-state index is 5.93. The molecule has 2 saturated heterocycles. The Labute approximate surface area is 148 Å². The number of rotatable bonds is 4. The van der Waals surface area contributed by atoms with Gasteiger partial charge in [0.15, 0.2) is 17.5 Å². The summed E-state index contributed by atoms with van der Waals surface area (Å²) in [6.07, 6.45) is 5.10. The van der Waals surface area contributed by atoms with E-state index in [1.54, 1.807) is 0 Å². The predicted molar refractivity (Wildman–Crippen MR) is 96.3 cm³/mol. The van der Waals surface area contributed by atoms with Crippen LogP contribution in [0, 0.1) is 0 Å². The number of benzene rings is 1. The number of guanidine groups is 1. The molecule has 3 aliphatic rings. The van der Waals surface area contributed by atoms with Crippen LogP contribution in [0.5, 0.6) is 11.5 Å². The Morgan fingerprint density at radius 3 is 2.96 bits per heavy atom. The summed E-state index contributed by atoms with van der Waals surface area (Å²) in [6, 6.07) is 6.39. The van der Waals surface area contributed by atoms with Gasteiger partial charge in [0.2, 0.25) is 0 Å². The van der Waals surface area contributed by atoms with Gasteiger partial charge in [-0.05, 0) is 32.3 Å². The van der Waals surface area contributed by atoms with Gasteiger partial charge in [0.25, 0.3) is 0 Å². The summed E-state index contributed by atoms with van der Waals surface area (Å²) in [6.45, 7) is 4.87. The first kappa shape index (κ1) is 16.5. The van der Waals surface area contributed by atoms with Crippen molar-refractivity contribution >= 4 is 5.96 Å². The molecule has 25 heavy (non-hydrogen) atoms. The molecule has 6 nitrogen and oxygen atoms in total. The van der Waals surface area contributed by atoms with E-state index in [9.17, 15) is 0 Å². The van der Waals surface area contributed by atoms with Crippen LogP contribution in [0.3, 0.4) is 0 Å². The van der Waals surface area contributed by atoms with E-state index in [0.717, 1.165) is 48.8 Å². The molecule has 2 bridgehead atoms. The number of hydrogen-bond donors (Lipinski definition) is 2. The standard InChI is InChI=1S/C19H27N3O3/c1-2-20-19(22-15-11-14-7-8-16(15)25-14)21-12-13-5-3-6-17-18(13)24-10-4-9-23-17/h3,5-6,14-16H,2,4,7-12H2,1H3,(H2,20,21,22). The highest BCUT2D eigenvalue weighted by atomic mass is 16.5. The maximum Gasteiger partial charge on any atom is 0.191 e. The van der Waals surface area contributed by atoms with Gasteiger partial charge in [-0.2, -0.15) is 0 Å². The number of fused-ring (bicyclic) bond motifs is 3. The molecule has 2 N–H and O–H groups in total. The van der Waals surface area contributed by atoms with Gasteiger partial charge in [0, 0.05) is 18.5 Å². The van der Waals surface area contributed by atoms with E-state index in [1.165, 1.54) is 6.42 Å². The molecule has 2 fully saturated rings. The van der Waals surface area contributed by atoms with E-state index in [2.05, 4.69) is 23.6 Å². The van der Waals surface area contributed by atoms with Crippen molar-refractivity contribution in [3.63, 3.8) is 0 Å². The van der Waals surface area contributed by atoms with Gasteiger partial charge >= 0.3 is 0 Å². The van der Waals surface area contributed by atoms with Gasteiger partial charge in [-0.3, -0.25) is 0 Å². The zero-order chi connectivity index (χ0) is 17.1. The summed E-state index contributed by atoms with van der Waals surface area (Å²) in [4.78, 5) is 4.77. The van der Waals surface area contributed by atoms with Crippen molar-refractivity contribution in [1.29, 1.82) is 0 Å². The van der Waals surface area contributed by atoms with E-state index in [4.69, 9.17) is 19.2 Å². The largest absolute Gasteiger partial charge is 0.490 e. The first-order valence-corrected chi connectivity index (χ1v) is 9.41. The molecule has 0 aliphatic carbocycles. The molecule has 0 amide bonds. The molecule has 0 saturated carbocycles. The Kier molecular flexibility index (Phi) is 4.97. The molecule has 0 spiro atoms. The zero-order valence-corrected chi connectivity index (χ0v) is 14.8. The molecule has 136 valence electrons. The number of ether oxygens (including phenoxy) is 3. The fraction of sp³-hybridized carbons (Fsp3) is 0.632. The molecular weight excluding hydrogens is 318 g/mol. The lowest BCUT2D eigenvalue weighted by Gasteiger charge is -2.22. The number of hydrogen-bond acceptors (Lipinski definition) is 4. The molecule has 6 heteroatoms. The Bertz CT molecular complexity index is 634. The van der Waals surface area contributed by atoms with Crippen LogP contribution >= 0.6 is 0 Å². The zero-order valence-electron chi connectivity index (χ0n) is 14.8. The van der Waals surface area contributed by atoms with Crippen molar-refractivity contribution in [3.05, 3.63) is 23.8 Å². The Morgan fingerprint density at radius 1 is 1.24 bits per heavy atom. The third kappa shape index (κ3) is 3.68. The van der Waals surface area contributed by atoms with Crippen molar-refractivity contribution < 1.29 is 14.2 Å². The fourth-order valence-electron chi connectivity index (χ4n) is 3.83. The predicted octanol–water partition coefficient (Wildman–Crippen LogP) is 2.22. The van der Waals surface area contributed by atoms with Crippen molar-refractivity contribution in [2.45, 2.75) is 57.4 Å². The minimum Gasteiger partial charge on any atom is -0.490 e.